The van der Waals surface area contributed by atoms with Gasteiger partial charge in [-0.3, -0.25) is 9.80 Å². The summed E-state index contributed by atoms with van der Waals surface area (Å²) in [7, 11) is 2.06. The van der Waals surface area contributed by atoms with Gasteiger partial charge in [0.15, 0.2) is 5.13 Å². The lowest BCUT2D eigenvalue weighted by Gasteiger charge is -2.45. The maximum Gasteiger partial charge on any atom is 0.317 e. The smallest absolute Gasteiger partial charge is 0.317 e. The van der Waals surface area contributed by atoms with E-state index in [0.29, 0.717) is 22.5 Å². The molecule has 0 unspecified atom stereocenters. The van der Waals surface area contributed by atoms with Crippen molar-refractivity contribution < 1.29 is 14.6 Å². The van der Waals surface area contributed by atoms with Crippen LogP contribution in [0.5, 0.6) is 6.01 Å². The number of likely N-dealkylation sites (N-methyl/N-ethyl adjacent to an activating group) is 1. The van der Waals surface area contributed by atoms with Gasteiger partial charge < -0.3 is 19.9 Å². The van der Waals surface area contributed by atoms with Crippen LogP contribution in [0, 0.1) is 5.41 Å². The van der Waals surface area contributed by atoms with Crippen molar-refractivity contribution in [3.63, 3.8) is 0 Å². The van der Waals surface area contributed by atoms with Gasteiger partial charge >= 0.3 is 6.01 Å². The first-order chi connectivity index (χ1) is 18.6. The minimum Gasteiger partial charge on any atom is -0.460 e. The van der Waals surface area contributed by atoms with Crippen molar-refractivity contribution in [2.75, 3.05) is 51.8 Å². The van der Waals surface area contributed by atoms with Gasteiger partial charge in [-0.25, -0.2) is 19.9 Å². The van der Waals surface area contributed by atoms with Crippen LogP contribution in [0.4, 0.5) is 11.1 Å². The molecule has 3 aliphatic rings. The summed E-state index contributed by atoms with van der Waals surface area (Å²) in [6, 6.07) is 2.46. The summed E-state index contributed by atoms with van der Waals surface area (Å²) in [5, 5.41) is 13.5. The molecule has 38 heavy (non-hydrogen) atoms. The van der Waals surface area contributed by atoms with E-state index in [2.05, 4.69) is 47.1 Å². The summed E-state index contributed by atoms with van der Waals surface area (Å²) in [5.74, 6) is 0.500. The van der Waals surface area contributed by atoms with Gasteiger partial charge in [-0.2, -0.15) is 4.98 Å². The Bertz CT molecular complexity index is 1210. The second kappa shape index (κ2) is 11.1. The zero-order valence-electron chi connectivity index (χ0n) is 21.6. The number of piperazine rings is 1. The van der Waals surface area contributed by atoms with Gasteiger partial charge in [0.1, 0.15) is 6.10 Å². The predicted octanol–water partition coefficient (Wildman–Crippen LogP) is 2.58. The summed E-state index contributed by atoms with van der Waals surface area (Å²) in [6.07, 6.45) is 11.7. The number of thiazole rings is 1. The molecule has 2 N–H and O–H groups in total. The fraction of sp³-hybridized carbons (Fsp3) is 0.577. The number of aromatic nitrogens is 5. The molecule has 3 fully saturated rings. The molecule has 0 bridgehead atoms. The molecule has 12 heteroatoms. The van der Waals surface area contributed by atoms with Crippen LogP contribution in [0.1, 0.15) is 31.2 Å². The van der Waals surface area contributed by atoms with Gasteiger partial charge in [-0.1, -0.05) is 11.3 Å². The quantitative estimate of drug-likeness (QED) is 0.440. The highest BCUT2D eigenvalue weighted by atomic mass is 32.1. The molecule has 3 aromatic rings. The molecule has 6 rings (SSSR count). The van der Waals surface area contributed by atoms with Crippen LogP contribution in [0.3, 0.4) is 0 Å². The van der Waals surface area contributed by atoms with Gasteiger partial charge in [0.25, 0.3) is 0 Å². The maximum absolute atomic E-state index is 9.58. The highest BCUT2D eigenvalue weighted by Gasteiger charge is 2.42. The second-order valence-electron chi connectivity index (χ2n) is 10.7. The Morgan fingerprint density at radius 2 is 1.95 bits per heavy atom. The van der Waals surface area contributed by atoms with Crippen LogP contribution in [0.2, 0.25) is 0 Å². The molecular formula is C26H34N8O3S. The van der Waals surface area contributed by atoms with Crippen LogP contribution in [-0.2, 0) is 11.3 Å². The van der Waals surface area contributed by atoms with E-state index in [4.69, 9.17) is 9.47 Å². The Balaban J connectivity index is 1.03. The summed E-state index contributed by atoms with van der Waals surface area (Å²) >= 11 is 1.48. The standard InChI is InChI=1S/C26H34N8O3S/c1-33-8-9-34(14-19(33)15-35)13-18-10-28-23(29-11-18)32-25-30-12-22(38-25)21-4-7-27-24(31-21)37-20-2-5-26(6-3-20)16-36-17-26/h4,7,10-12,19-20,35H,2-3,5-6,8-9,13-17H2,1H3,(H,28,29,30,32)/t19-/m1/s1. The van der Waals surface area contributed by atoms with Crippen molar-refractivity contribution in [1.82, 2.24) is 34.7 Å². The number of ether oxygens (including phenoxy) is 2. The van der Waals surface area contributed by atoms with Gasteiger partial charge in [-0.15, -0.1) is 0 Å². The highest BCUT2D eigenvalue weighted by molar-refractivity contribution is 7.18. The van der Waals surface area contributed by atoms with Gasteiger partial charge in [0, 0.05) is 68.0 Å². The topological polar surface area (TPSA) is 122 Å². The number of nitrogens with one attached hydrogen (secondary N) is 1. The third-order valence-corrected chi connectivity index (χ3v) is 8.81. The fourth-order valence-electron chi connectivity index (χ4n) is 5.34. The van der Waals surface area contributed by atoms with E-state index in [9.17, 15) is 5.11 Å². The van der Waals surface area contributed by atoms with E-state index in [-0.39, 0.29) is 18.8 Å². The Morgan fingerprint density at radius 1 is 1.13 bits per heavy atom. The summed E-state index contributed by atoms with van der Waals surface area (Å²) in [5.41, 5.74) is 2.22. The van der Waals surface area contributed by atoms with Gasteiger partial charge in [-0.05, 0) is 38.8 Å². The van der Waals surface area contributed by atoms with Crippen molar-refractivity contribution in [2.24, 2.45) is 5.41 Å². The molecule has 5 heterocycles. The molecule has 2 saturated heterocycles. The molecule has 0 radical (unpaired) electrons. The molecule has 1 aliphatic carbocycles. The monoisotopic (exact) mass is 538 g/mol. The third kappa shape index (κ3) is 5.79. The number of aliphatic hydroxyl groups is 1. The minimum absolute atomic E-state index is 0.155. The summed E-state index contributed by atoms with van der Waals surface area (Å²) in [6.45, 7) is 5.46. The van der Waals surface area contributed by atoms with Crippen molar-refractivity contribution in [1.29, 1.82) is 0 Å². The minimum atomic E-state index is 0.155. The molecule has 2 aliphatic heterocycles. The summed E-state index contributed by atoms with van der Waals surface area (Å²) in [4.78, 5) is 27.9. The number of aliphatic hydroxyl groups excluding tert-OH is 1. The van der Waals surface area contributed by atoms with E-state index in [0.717, 1.165) is 81.2 Å². The molecule has 1 spiro atoms. The first kappa shape index (κ1) is 25.5. The Labute approximate surface area is 226 Å². The van der Waals surface area contributed by atoms with Crippen LogP contribution >= 0.6 is 11.3 Å². The third-order valence-electron chi connectivity index (χ3n) is 7.88. The first-order valence-electron chi connectivity index (χ1n) is 13.2. The van der Waals surface area contributed by atoms with E-state index in [1.54, 1.807) is 12.4 Å². The SMILES string of the molecule is CN1CCN(Cc2cnc(Nc3ncc(-c4ccnc(OC5CCC6(CC5)COC6)n4)s3)nc2)C[C@@H]1CO. The molecule has 3 aromatic heterocycles. The zero-order valence-corrected chi connectivity index (χ0v) is 22.4. The summed E-state index contributed by atoms with van der Waals surface area (Å²) < 4.78 is 11.6. The van der Waals surface area contributed by atoms with Crippen molar-refractivity contribution >= 4 is 22.4 Å². The zero-order chi connectivity index (χ0) is 26.0. The molecule has 202 valence electrons. The number of anilines is 2. The van der Waals surface area contributed by atoms with Crippen molar-refractivity contribution in [2.45, 2.75) is 44.4 Å². The molecule has 1 atom stereocenters. The number of nitrogens with zero attached hydrogens (tertiary/aromatic N) is 7. The number of hydrogen-bond donors (Lipinski definition) is 2. The molecule has 1 saturated carbocycles. The second-order valence-corrected chi connectivity index (χ2v) is 11.7. The Hall–Kier alpha value is -2.77. The Morgan fingerprint density at radius 3 is 2.68 bits per heavy atom. The van der Waals surface area contributed by atoms with Crippen molar-refractivity contribution in [3.8, 4) is 16.6 Å². The normalized spacial score (nSPS) is 22.3. The number of rotatable bonds is 8. The molecule has 0 amide bonds. The lowest BCUT2D eigenvalue weighted by molar-refractivity contribution is -0.140. The van der Waals surface area contributed by atoms with Gasteiger partial charge in [0.05, 0.1) is 30.4 Å². The predicted molar refractivity (Wildman–Crippen MR) is 143 cm³/mol. The van der Waals surface area contributed by atoms with Crippen LogP contribution in [0.25, 0.3) is 10.6 Å². The first-order valence-corrected chi connectivity index (χ1v) is 14.0. The molecular weight excluding hydrogens is 504 g/mol. The number of hydrogen-bond acceptors (Lipinski definition) is 12. The fourth-order valence-corrected chi connectivity index (χ4v) is 6.12. The van der Waals surface area contributed by atoms with Crippen molar-refractivity contribution in [3.05, 3.63) is 36.4 Å². The lowest BCUT2D eigenvalue weighted by Crippen LogP contribution is -2.52. The average molecular weight is 539 g/mol. The maximum atomic E-state index is 9.58. The lowest BCUT2D eigenvalue weighted by atomic mass is 9.72. The van der Waals surface area contributed by atoms with E-state index < -0.39 is 0 Å². The highest BCUT2D eigenvalue weighted by Crippen LogP contribution is 2.43. The van der Waals surface area contributed by atoms with E-state index in [1.807, 2.05) is 18.5 Å². The van der Waals surface area contributed by atoms with Crippen LogP contribution < -0.4 is 10.1 Å². The van der Waals surface area contributed by atoms with E-state index >= 15 is 0 Å². The molecule has 0 aromatic carbocycles. The Kier molecular flexibility index (Phi) is 7.48. The van der Waals surface area contributed by atoms with Crippen LogP contribution in [-0.4, -0.2) is 98.5 Å². The van der Waals surface area contributed by atoms with Crippen LogP contribution in [0.15, 0.2) is 30.9 Å². The largest absolute Gasteiger partial charge is 0.460 e. The molecule has 11 nitrogen and oxygen atoms in total. The van der Waals surface area contributed by atoms with Gasteiger partial charge in [0.2, 0.25) is 5.95 Å². The van der Waals surface area contributed by atoms with E-state index in [1.165, 1.54) is 11.3 Å². The average Bonchev–Trinajstić information content (AvgIpc) is 3.39.